The summed E-state index contributed by atoms with van der Waals surface area (Å²) in [6.45, 7) is 0. The Balaban J connectivity index is 1.93. The van der Waals surface area contributed by atoms with E-state index in [0.29, 0.717) is 0 Å². The van der Waals surface area contributed by atoms with Crippen molar-refractivity contribution >= 4 is 5.97 Å². The Bertz CT molecular complexity index is 308. The van der Waals surface area contributed by atoms with E-state index >= 15 is 0 Å². The predicted molar refractivity (Wildman–Crippen MR) is 57.6 cm³/mol. The molecule has 0 saturated carbocycles. The van der Waals surface area contributed by atoms with Crippen molar-refractivity contribution in [1.29, 1.82) is 0 Å². The molecule has 0 saturated heterocycles. The van der Waals surface area contributed by atoms with Crippen LogP contribution in [0.3, 0.4) is 0 Å². The van der Waals surface area contributed by atoms with Crippen LogP contribution in [0.15, 0.2) is 24.7 Å². The molecule has 4 heteroatoms. The number of carbonyl (C=O) groups is 1. The third-order valence-corrected chi connectivity index (χ3v) is 3.02. The summed E-state index contributed by atoms with van der Waals surface area (Å²) in [5, 5.41) is 9.02. The fraction of sp³-hybridized carbons (Fsp3) is 0.583. The summed E-state index contributed by atoms with van der Waals surface area (Å²) in [5.41, 5.74) is 0. The van der Waals surface area contributed by atoms with Gasteiger partial charge in [0.2, 0.25) is 0 Å². The zero-order valence-corrected chi connectivity index (χ0v) is 9.04. The van der Waals surface area contributed by atoms with Crippen LogP contribution in [0.4, 0.5) is 0 Å². The van der Waals surface area contributed by atoms with Gasteiger partial charge in [0, 0.05) is 5.92 Å². The maximum Gasteiger partial charge on any atom is 0.345 e. The first kappa shape index (κ1) is 11.0. The highest BCUT2D eigenvalue weighted by molar-refractivity contribution is 5.73. The van der Waals surface area contributed by atoms with E-state index in [0.717, 1.165) is 25.7 Å². The van der Waals surface area contributed by atoms with Crippen molar-refractivity contribution in [2.75, 3.05) is 0 Å². The van der Waals surface area contributed by atoms with Crippen LogP contribution >= 0.6 is 0 Å². The summed E-state index contributed by atoms with van der Waals surface area (Å²) in [4.78, 5) is 11.0. The van der Waals surface area contributed by atoms with Crippen molar-refractivity contribution in [1.82, 2.24) is 0 Å². The van der Waals surface area contributed by atoms with E-state index in [1.54, 1.807) is 6.26 Å². The maximum absolute atomic E-state index is 11.0. The van der Waals surface area contributed by atoms with Gasteiger partial charge < -0.3 is 14.6 Å². The first-order valence-electron chi connectivity index (χ1n) is 5.61. The quantitative estimate of drug-likeness (QED) is 0.797. The van der Waals surface area contributed by atoms with Crippen LogP contribution < -0.4 is 0 Å². The van der Waals surface area contributed by atoms with E-state index in [4.69, 9.17) is 14.6 Å². The minimum absolute atomic E-state index is 0.0130. The zero-order chi connectivity index (χ0) is 11.4. The average molecular weight is 224 g/mol. The summed E-state index contributed by atoms with van der Waals surface area (Å²) in [7, 11) is 0. The van der Waals surface area contributed by atoms with Crippen molar-refractivity contribution in [3.05, 3.63) is 24.7 Å². The fourth-order valence-corrected chi connectivity index (χ4v) is 2.18. The van der Waals surface area contributed by atoms with Gasteiger partial charge >= 0.3 is 5.97 Å². The molecular formula is C12H16O4. The third kappa shape index (κ3) is 2.56. The summed E-state index contributed by atoms with van der Waals surface area (Å²) in [6.07, 6.45) is 9.93. The lowest BCUT2D eigenvalue weighted by atomic mass is 9.89. The van der Waals surface area contributed by atoms with Gasteiger partial charge in [0.1, 0.15) is 0 Å². The highest BCUT2D eigenvalue weighted by Crippen LogP contribution is 2.27. The number of allylic oxidation sites excluding steroid dienone is 2. The number of rotatable bonds is 3. The van der Waals surface area contributed by atoms with Gasteiger partial charge in [-0.05, 0) is 37.8 Å². The molecule has 4 nitrogen and oxygen atoms in total. The van der Waals surface area contributed by atoms with Crippen molar-refractivity contribution in [3.63, 3.8) is 0 Å². The summed E-state index contributed by atoms with van der Waals surface area (Å²) in [6, 6.07) is 0. The Kier molecular flexibility index (Phi) is 3.49. The molecule has 2 aliphatic rings. The molecule has 0 radical (unpaired) electrons. The van der Waals surface area contributed by atoms with Gasteiger partial charge in [0.05, 0.1) is 18.6 Å². The molecule has 2 aliphatic heterocycles. The van der Waals surface area contributed by atoms with E-state index in [1.165, 1.54) is 6.26 Å². The minimum Gasteiger partial charge on any atom is -0.498 e. The first-order valence-corrected chi connectivity index (χ1v) is 5.61. The Morgan fingerprint density at radius 1 is 1.31 bits per heavy atom. The molecule has 0 bridgehead atoms. The Morgan fingerprint density at radius 3 is 2.81 bits per heavy atom. The van der Waals surface area contributed by atoms with Crippen LogP contribution in [-0.2, 0) is 14.3 Å². The maximum atomic E-state index is 11.0. The Morgan fingerprint density at radius 2 is 2.12 bits per heavy atom. The molecule has 3 atom stereocenters. The molecule has 0 aromatic rings. The van der Waals surface area contributed by atoms with Crippen LogP contribution in [0, 0.1) is 5.92 Å². The van der Waals surface area contributed by atoms with Crippen LogP contribution in [0.5, 0.6) is 0 Å². The molecule has 0 aliphatic carbocycles. The second-order valence-electron chi connectivity index (χ2n) is 4.21. The van der Waals surface area contributed by atoms with Crippen molar-refractivity contribution < 1.29 is 19.4 Å². The van der Waals surface area contributed by atoms with Gasteiger partial charge in [-0.25, -0.2) is 4.79 Å². The molecule has 0 spiro atoms. The molecule has 16 heavy (non-hydrogen) atoms. The smallest absolute Gasteiger partial charge is 0.345 e. The van der Waals surface area contributed by atoms with Crippen LogP contribution in [-0.4, -0.2) is 23.3 Å². The van der Waals surface area contributed by atoms with Crippen molar-refractivity contribution in [2.24, 2.45) is 5.92 Å². The normalized spacial score (nSPS) is 32.9. The number of aliphatic carboxylic acids is 1. The van der Waals surface area contributed by atoms with Crippen molar-refractivity contribution in [3.8, 4) is 0 Å². The predicted octanol–water partition coefficient (Wildman–Crippen LogP) is 2.07. The van der Waals surface area contributed by atoms with E-state index in [2.05, 4.69) is 0 Å². The second-order valence-corrected chi connectivity index (χ2v) is 4.21. The molecular weight excluding hydrogens is 208 g/mol. The fourth-order valence-electron chi connectivity index (χ4n) is 2.18. The first-order chi connectivity index (χ1) is 7.77. The van der Waals surface area contributed by atoms with E-state index in [-0.39, 0.29) is 12.0 Å². The van der Waals surface area contributed by atoms with Gasteiger partial charge in [-0.3, -0.25) is 0 Å². The van der Waals surface area contributed by atoms with E-state index < -0.39 is 12.1 Å². The Labute approximate surface area is 94.5 Å². The molecule has 0 fully saturated rings. The molecule has 0 aromatic carbocycles. The average Bonchev–Trinajstić information content (AvgIpc) is 2.31. The van der Waals surface area contributed by atoms with Gasteiger partial charge in [0.25, 0.3) is 0 Å². The monoisotopic (exact) mass is 224 g/mol. The molecule has 2 heterocycles. The molecule has 3 unspecified atom stereocenters. The SMILES string of the molecule is O=C(O)C1OC=CCC1CC1CCC=CO1. The molecule has 2 rings (SSSR count). The molecule has 0 aromatic heterocycles. The third-order valence-electron chi connectivity index (χ3n) is 3.02. The lowest BCUT2D eigenvalue weighted by molar-refractivity contribution is -0.151. The van der Waals surface area contributed by atoms with Gasteiger partial charge in [-0.1, -0.05) is 0 Å². The Hall–Kier alpha value is -1.45. The van der Waals surface area contributed by atoms with Crippen LogP contribution in [0.25, 0.3) is 0 Å². The second kappa shape index (κ2) is 5.05. The lowest BCUT2D eigenvalue weighted by Gasteiger charge is -2.29. The van der Waals surface area contributed by atoms with E-state index in [9.17, 15) is 4.79 Å². The van der Waals surface area contributed by atoms with Crippen molar-refractivity contribution in [2.45, 2.75) is 37.9 Å². The van der Waals surface area contributed by atoms with Gasteiger partial charge in [-0.2, -0.15) is 0 Å². The topological polar surface area (TPSA) is 55.8 Å². The summed E-state index contributed by atoms with van der Waals surface area (Å²) < 4.78 is 10.6. The highest BCUT2D eigenvalue weighted by atomic mass is 16.5. The molecule has 0 amide bonds. The number of carboxylic acid groups (broad SMARTS) is 1. The largest absolute Gasteiger partial charge is 0.498 e. The highest BCUT2D eigenvalue weighted by Gasteiger charge is 2.32. The lowest BCUT2D eigenvalue weighted by Crippen LogP contribution is -2.35. The van der Waals surface area contributed by atoms with Crippen LogP contribution in [0.1, 0.15) is 25.7 Å². The zero-order valence-electron chi connectivity index (χ0n) is 9.04. The number of hydrogen-bond acceptors (Lipinski definition) is 3. The standard InChI is InChI=1S/C12H16O4/c13-12(14)11-9(4-3-7-16-11)8-10-5-1-2-6-15-10/h2-3,6-7,9-11H,1,4-5,8H2,(H,13,14). The van der Waals surface area contributed by atoms with Gasteiger partial charge in [0.15, 0.2) is 6.10 Å². The summed E-state index contributed by atoms with van der Waals surface area (Å²) >= 11 is 0. The van der Waals surface area contributed by atoms with E-state index in [1.807, 2.05) is 12.2 Å². The van der Waals surface area contributed by atoms with Crippen LogP contribution in [0.2, 0.25) is 0 Å². The number of carboxylic acids is 1. The number of hydrogen-bond donors (Lipinski definition) is 1. The summed E-state index contributed by atoms with van der Waals surface area (Å²) in [5.74, 6) is -0.875. The number of ether oxygens (including phenoxy) is 2. The minimum atomic E-state index is -0.888. The molecule has 88 valence electrons. The molecule has 1 N–H and O–H groups in total. The van der Waals surface area contributed by atoms with Gasteiger partial charge in [-0.15, -0.1) is 0 Å².